The predicted molar refractivity (Wildman–Crippen MR) is 55.3 cm³/mol. The van der Waals surface area contributed by atoms with Gasteiger partial charge in [-0.2, -0.15) is 0 Å². The van der Waals surface area contributed by atoms with Crippen LogP contribution in [0.4, 0.5) is 11.5 Å². The second-order valence-electron chi connectivity index (χ2n) is 2.85. The van der Waals surface area contributed by atoms with Gasteiger partial charge in [0, 0.05) is 14.1 Å². The van der Waals surface area contributed by atoms with Gasteiger partial charge in [-0.3, -0.25) is 14.3 Å². The van der Waals surface area contributed by atoms with Crippen LogP contribution in [0.3, 0.4) is 0 Å². The molecule has 1 aromatic rings. The van der Waals surface area contributed by atoms with Gasteiger partial charge in [0.25, 0.3) is 5.56 Å². The summed E-state index contributed by atoms with van der Waals surface area (Å²) >= 11 is 0. The highest BCUT2D eigenvalue weighted by atomic mass is 16.2. The Labute approximate surface area is 80.3 Å². The predicted octanol–water partition coefficient (Wildman–Crippen LogP) is -0.764. The third kappa shape index (κ3) is 1.41. The van der Waals surface area contributed by atoms with E-state index in [0.29, 0.717) is 0 Å². The van der Waals surface area contributed by atoms with Crippen molar-refractivity contribution in [2.75, 3.05) is 17.7 Å². The van der Waals surface area contributed by atoms with E-state index in [0.717, 1.165) is 4.57 Å². The summed E-state index contributed by atoms with van der Waals surface area (Å²) in [4.78, 5) is 26.5. The Morgan fingerprint density at radius 2 is 2.14 bits per heavy atom. The van der Waals surface area contributed by atoms with Gasteiger partial charge in [0.05, 0.1) is 0 Å². The number of nitrogens with zero attached hydrogens (tertiary/aromatic N) is 2. The molecule has 0 fully saturated rings. The molecule has 1 aromatic heterocycles. The van der Waals surface area contributed by atoms with Crippen LogP contribution in [0.1, 0.15) is 0 Å². The van der Waals surface area contributed by atoms with Crippen LogP contribution in [0, 0.1) is 0 Å². The average Bonchev–Trinajstić information content (AvgIpc) is 2.14. The summed E-state index contributed by atoms with van der Waals surface area (Å²) < 4.78 is 0.950. The van der Waals surface area contributed by atoms with E-state index in [1.54, 1.807) is 7.05 Å². The van der Waals surface area contributed by atoms with Crippen molar-refractivity contribution in [3.8, 4) is 0 Å². The number of nitrogens with one attached hydrogen (secondary N) is 1. The van der Waals surface area contributed by atoms with Crippen LogP contribution in [0.15, 0.2) is 22.4 Å². The second-order valence-corrected chi connectivity index (χ2v) is 2.85. The number of hydrogen-bond acceptors (Lipinski definition) is 4. The number of aromatic amines is 1. The van der Waals surface area contributed by atoms with Crippen LogP contribution < -0.4 is 21.9 Å². The molecular weight excluding hydrogens is 184 g/mol. The topological polar surface area (TPSA) is 84.1 Å². The zero-order chi connectivity index (χ0) is 10.9. The number of nitrogens with two attached hydrogens (primary N) is 1. The zero-order valence-corrected chi connectivity index (χ0v) is 8.07. The Hall–Kier alpha value is -1.98. The van der Waals surface area contributed by atoms with Gasteiger partial charge in [0.15, 0.2) is 0 Å². The van der Waals surface area contributed by atoms with Gasteiger partial charge in [-0.15, -0.1) is 0 Å². The minimum atomic E-state index is -0.534. The number of anilines is 2. The molecule has 1 heterocycles. The van der Waals surface area contributed by atoms with Crippen molar-refractivity contribution in [3.63, 3.8) is 0 Å². The molecule has 0 aliphatic rings. The summed E-state index contributed by atoms with van der Waals surface area (Å²) in [5.41, 5.74) is 4.74. The Kier molecular flexibility index (Phi) is 2.46. The van der Waals surface area contributed by atoms with E-state index in [1.165, 1.54) is 18.1 Å². The van der Waals surface area contributed by atoms with Gasteiger partial charge in [-0.05, 0) is 6.20 Å². The summed E-state index contributed by atoms with van der Waals surface area (Å²) in [7, 11) is 3.00. The summed E-state index contributed by atoms with van der Waals surface area (Å²) in [5.74, 6) is 0.0421. The first kappa shape index (κ1) is 10.1. The number of hydrogen-bond donors (Lipinski definition) is 2. The summed E-state index contributed by atoms with van der Waals surface area (Å²) in [6, 6.07) is 0. The minimum Gasteiger partial charge on any atom is -0.383 e. The number of aromatic nitrogens is 2. The second kappa shape index (κ2) is 3.41. The summed E-state index contributed by atoms with van der Waals surface area (Å²) in [6.45, 7) is 3.50. The highest BCUT2D eigenvalue weighted by Gasteiger charge is 2.11. The summed E-state index contributed by atoms with van der Waals surface area (Å²) in [5, 5.41) is 0. The van der Waals surface area contributed by atoms with Crippen molar-refractivity contribution >= 4 is 11.5 Å². The molecule has 0 saturated heterocycles. The van der Waals surface area contributed by atoms with E-state index in [4.69, 9.17) is 5.73 Å². The molecule has 0 atom stereocenters. The Morgan fingerprint density at radius 1 is 1.57 bits per heavy atom. The van der Waals surface area contributed by atoms with Crippen LogP contribution in [-0.2, 0) is 7.05 Å². The smallest absolute Gasteiger partial charge is 0.329 e. The highest BCUT2D eigenvalue weighted by molar-refractivity contribution is 5.62. The molecule has 76 valence electrons. The monoisotopic (exact) mass is 196 g/mol. The van der Waals surface area contributed by atoms with Crippen LogP contribution in [0.5, 0.6) is 0 Å². The Morgan fingerprint density at radius 3 is 2.64 bits per heavy atom. The van der Waals surface area contributed by atoms with Gasteiger partial charge in [-0.25, -0.2) is 4.79 Å². The first-order valence-electron chi connectivity index (χ1n) is 3.93. The highest BCUT2D eigenvalue weighted by Crippen LogP contribution is 2.11. The van der Waals surface area contributed by atoms with Gasteiger partial charge < -0.3 is 10.6 Å². The maximum absolute atomic E-state index is 11.6. The van der Waals surface area contributed by atoms with Crippen LogP contribution in [0.2, 0.25) is 0 Å². The molecule has 0 radical (unpaired) electrons. The van der Waals surface area contributed by atoms with Crippen molar-refractivity contribution < 1.29 is 0 Å². The molecule has 6 nitrogen and oxygen atoms in total. The molecule has 0 aliphatic heterocycles. The van der Waals surface area contributed by atoms with E-state index in [2.05, 4.69) is 11.6 Å². The quantitative estimate of drug-likeness (QED) is 0.651. The van der Waals surface area contributed by atoms with Crippen molar-refractivity contribution in [1.29, 1.82) is 0 Å². The van der Waals surface area contributed by atoms with Crippen molar-refractivity contribution in [1.82, 2.24) is 9.55 Å². The van der Waals surface area contributed by atoms with Crippen LogP contribution >= 0.6 is 0 Å². The SMILES string of the molecule is C=CN(C)c1c(N)[nH]c(=O)n(C)c1=O. The van der Waals surface area contributed by atoms with Gasteiger partial charge in [0.1, 0.15) is 11.5 Å². The van der Waals surface area contributed by atoms with E-state index in [1.807, 2.05) is 0 Å². The molecule has 1 rings (SSSR count). The number of H-pyrrole nitrogens is 1. The van der Waals surface area contributed by atoms with Gasteiger partial charge in [-0.1, -0.05) is 6.58 Å². The van der Waals surface area contributed by atoms with Crippen molar-refractivity contribution in [2.45, 2.75) is 0 Å². The lowest BCUT2D eigenvalue weighted by molar-refractivity contribution is 0.776. The molecule has 0 unspecified atom stereocenters. The molecular formula is C8H12N4O2. The first-order valence-corrected chi connectivity index (χ1v) is 3.93. The van der Waals surface area contributed by atoms with E-state index in [-0.39, 0.29) is 11.5 Å². The van der Waals surface area contributed by atoms with Crippen molar-refractivity contribution in [3.05, 3.63) is 33.6 Å². The van der Waals surface area contributed by atoms with Gasteiger partial charge >= 0.3 is 5.69 Å². The third-order valence-electron chi connectivity index (χ3n) is 1.94. The lowest BCUT2D eigenvalue weighted by Crippen LogP contribution is -2.36. The molecule has 6 heteroatoms. The zero-order valence-electron chi connectivity index (χ0n) is 8.07. The fraction of sp³-hybridized carbons (Fsp3) is 0.250. The standard InChI is InChI=1S/C8H12N4O2/c1-4-11(2)5-6(9)10-8(14)12(3)7(5)13/h4H,1,9H2,2-3H3,(H,10,14). The first-order chi connectivity index (χ1) is 6.49. The molecule has 14 heavy (non-hydrogen) atoms. The third-order valence-corrected chi connectivity index (χ3v) is 1.94. The molecule has 0 amide bonds. The van der Waals surface area contributed by atoms with Crippen LogP contribution in [0.25, 0.3) is 0 Å². The maximum atomic E-state index is 11.6. The minimum absolute atomic E-state index is 0.0421. The lowest BCUT2D eigenvalue weighted by atomic mass is 10.4. The molecule has 0 spiro atoms. The lowest BCUT2D eigenvalue weighted by Gasteiger charge is -2.14. The van der Waals surface area contributed by atoms with E-state index >= 15 is 0 Å². The Balaban J connectivity index is 3.60. The summed E-state index contributed by atoms with van der Waals surface area (Å²) in [6.07, 6.45) is 1.44. The fourth-order valence-corrected chi connectivity index (χ4v) is 1.06. The Bertz CT molecular complexity index is 471. The van der Waals surface area contributed by atoms with Crippen molar-refractivity contribution in [2.24, 2.45) is 7.05 Å². The molecule has 0 bridgehead atoms. The molecule has 0 saturated carbocycles. The number of nitrogen functional groups attached to an aromatic ring is 1. The fourth-order valence-electron chi connectivity index (χ4n) is 1.06. The van der Waals surface area contributed by atoms with E-state index in [9.17, 15) is 9.59 Å². The van der Waals surface area contributed by atoms with Gasteiger partial charge in [0.2, 0.25) is 0 Å². The van der Waals surface area contributed by atoms with E-state index < -0.39 is 11.2 Å². The average molecular weight is 196 g/mol. The maximum Gasteiger partial charge on any atom is 0.329 e. The molecule has 0 aromatic carbocycles. The van der Waals surface area contributed by atoms with Crippen LogP contribution in [-0.4, -0.2) is 16.6 Å². The largest absolute Gasteiger partial charge is 0.383 e. The number of rotatable bonds is 2. The normalized spacial score (nSPS) is 9.86. The molecule has 0 aliphatic carbocycles. The molecule has 3 N–H and O–H groups in total.